The summed E-state index contributed by atoms with van der Waals surface area (Å²) < 4.78 is 0. The normalized spacial score (nSPS) is 10.2. The van der Waals surface area contributed by atoms with E-state index in [-0.39, 0.29) is 0 Å². The van der Waals surface area contributed by atoms with E-state index in [0.717, 1.165) is 11.4 Å². The van der Waals surface area contributed by atoms with Crippen molar-refractivity contribution in [2.45, 2.75) is 6.92 Å². The van der Waals surface area contributed by atoms with Crippen molar-refractivity contribution >= 4 is 23.0 Å². The number of hydrogen-bond donors (Lipinski definition) is 2. The lowest BCUT2D eigenvalue weighted by Crippen LogP contribution is -2.10. The molecular formula is C13H17N5. The van der Waals surface area contributed by atoms with Crippen LogP contribution in [0.1, 0.15) is 5.56 Å². The van der Waals surface area contributed by atoms with Gasteiger partial charge in [0.2, 0.25) is 5.95 Å². The average molecular weight is 243 g/mol. The van der Waals surface area contributed by atoms with E-state index in [1.807, 2.05) is 20.2 Å². The fourth-order valence-corrected chi connectivity index (χ4v) is 1.70. The molecule has 0 aliphatic carbocycles. The topological polar surface area (TPSA) is 67.1 Å². The number of nitrogen functional groups attached to an aromatic ring is 1. The van der Waals surface area contributed by atoms with Gasteiger partial charge in [-0.2, -0.15) is 0 Å². The lowest BCUT2D eigenvalue weighted by Gasteiger charge is -2.17. The quantitative estimate of drug-likeness (QED) is 0.864. The van der Waals surface area contributed by atoms with Crippen LogP contribution in [0.2, 0.25) is 0 Å². The smallest absolute Gasteiger partial charge is 0.227 e. The second-order valence-corrected chi connectivity index (χ2v) is 4.36. The van der Waals surface area contributed by atoms with Crippen molar-refractivity contribution in [3.05, 3.63) is 36.2 Å². The number of hydrogen-bond acceptors (Lipinski definition) is 5. The van der Waals surface area contributed by atoms with Crippen molar-refractivity contribution in [3.8, 4) is 0 Å². The molecule has 0 saturated heterocycles. The molecule has 0 bridgehead atoms. The largest absolute Gasteiger partial charge is 0.396 e. The van der Waals surface area contributed by atoms with Crippen molar-refractivity contribution < 1.29 is 0 Å². The molecule has 0 aliphatic rings. The zero-order valence-corrected chi connectivity index (χ0v) is 10.8. The summed E-state index contributed by atoms with van der Waals surface area (Å²) in [5, 5.41) is 3.15. The van der Waals surface area contributed by atoms with Crippen LogP contribution in [0.15, 0.2) is 30.6 Å². The van der Waals surface area contributed by atoms with Crippen molar-refractivity contribution in [1.29, 1.82) is 0 Å². The second kappa shape index (κ2) is 4.91. The Morgan fingerprint density at radius 2 is 1.83 bits per heavy atom. The summed E-state index contributed by atoms with van der Waals surface area (Å²) in [7, 11) is 4.04. The van der Waals surface area contributed by atoms with E-state index in [9.17, 15) is 0 Å². The molecule has 0 amide bonds. The zero-order valence-electron chi connectivity index (χ0n) is 10.8. The monoisotopic (exact) mass is 243 g/mol. The zero-order chi connectivity index (χ0) is 13.1. The standard InChI is InChI=1S/C13H17N5/c1-9-4-5-11(6-12(9)18(2)3)17-13-15-7-10(14)8-16-13/h4-8H,14H2,1-3H3,(H,15,16,17). The molecule has 3 N–H and O–H groups in total. The molecule has 0 aliphatic heterocycles. The summed E-state index contributed by atoms with van der Waals surface area (Å²) in [6.07, 6.45) is 3.16. The number of benzene rings is 1. The highest BCUT2D eigenvalue weighted by atomic mass is 15.1. The van der Waals surface area contributed by atoms with Gasteiger partial charge in [0.1, 0.15) is 0 Å². The first-order valence-electron chi connectivity index (χ1n) is 5.69. The number of nitrogens with zero attached hydrogens (tertiary/aromatic N) is 3. The van der Waals surface area contributed by atoms with Crippen LogP contribution in [-0.2, 0) is 0 Å². The van der Waals surface area contributed by atoms with E-state index in [2.05, 4.69) is 39.2 Å². The predicted molar refractivity (Wildman–Crippen MR) is 75.2 cm³/mol. The van der Waals surface area contributed by atoms with E-state index >= 15 is 0 Å². The van der Waals surface area contributed by atoms with E-state index in [1.54, 1.807) is 12.4 Å². The number of rotatable bonds is 3. The summed E-state index contributed by atoms with van der Waals surface area (Å²) in [6, 6.07) is 6.13. The van der Waals surface area contributed by atoms with Crippen LogP contribution in [0, 0.1) is 6.92 Å². The van der Waals surface area contributed by atoms with Crippen LogP contribution in [-0.4, -0.2) is 24.1 Å². The maximum atomic E-state index is 5.54. The third-order valence-corrected chi connectivity index (χ3v) is 2.62. The number of aromatic nitrogens is 2. The molecule has 0 saturated carbocycles. The molecule has 1 aromatic carbocycles. The highest BCUT2D eigenvalue weighted by Crippen LogP contribution is 2.23. The fraction of sp³-hybridized carbons (Fsp3) is 0.231. The Hall–Kier alpha value is -2.30. The minimum atomic E-state index is 0.540. The Kier molecular flexibility index (Phi) is 3.32. The molecule has 18 heavy (non-hydrogen) atoms. The summed E-state index contributed by atoms with van der Waals surface area (Å²) in [4.78, 5) is 10.3. The Balaban J connectivity index is 2.24. The molecule has 0 spiro atoms. The Morgan fingerprint density at radius 3 is 2.44 bits per heavy atom. The van der Waals surface area contributed by atoms with Crippen molar-refractivity contribution in [2.24, 2.45) is 0 Å². The van der Waals surface area contributed by atoms with Gasteiger partial charge < -0.3 is 16.0 Å². The minimum Gasteiger partial charge on any atom is -0.396 e. The summed E-state index contributed by atoms with van der Waals surface area (Å²) in [5.41, 5.74) is 9.44. The Bertz CT molecular complexity index is 534. The van der Waals surface area contributed by atoms with Gasteiger partial charge in [-0.3, -0.25) is 0 Å². The first kappa shape index (κ1) is 12.2. The molecule has 94 valence electrons. The molecule has 0 fully saturated rings. The maximum absolute atomic E-state index is 5.54. The van der Waals surface area contributed by atoms with Gasteiger partial charge in [-0.1, -0.05) is 6.07 Å². The van der Waals surface area contributed by atoms with Gasteiger partial charge in [-0.05, 0) is 24.6 Å². The SMILES string of the molecule is Cc1ccc(Nc2ncc(N)cn2)cc1N(C)C. The van der Waals surface area contributed by atoms with Crippen LogP contribution in [0.3, 0.4) is 0 Å². The van der Waals surface area contributed by atoms with Crippen molar-refractivity contribution in [1.82, 2.24) is 9.97 Å². The van der Waals surface area contributed by atoms with Crippen LogP contribution < -0.4 is 16.0 Å². The molecule has 2 aromatic rings. The van der Waals surface area contributed by atoms with Gasteiger partial charge in [0.15, 0.2) is 0 Å². The van der Waals surface area contributed by atoms with Crippen LogP contribution >= 0.6 is 0 Å². The van der Waals surface area contributed by atoms with Gasteiger partial charge in [-0.15, -0.1) is 0 Å². The molecule has 2 rings (SSSR count). The molecule has 5 nitrogen and oxygen atoms in total. The average Bonchev–Trinajstić information content (AvgIpc) is 2.34. The van der Waals surface area contributed by atoms with Gasteiger partial charge in [0.25, 0.3) is 0 Å². The first-order valence-corrected chi connectivity index (χ1v) is 5.69. The number of nitrogens with one attached hydrogen (secondary N) is 1. The van der Waals surface area contributed by atoms with E-state index in [4.69, 9.17) is 5.73 Å². The van der Waals surface area contributed by atoms with Crippen LogP contribution in [0.4, 0.5) is 23.0 Å². The van der Waals surface area contributed by atoms with Crippen molar-refractivity contribution in [2.75, 3.05) is 30.0 Å². The van der Waals surface area contributed by atoms with E-state index in [1.165, 1.54) is 5.56 Å². The van der Waals surface area contributed by atoms with Gasteiger partial charge in [0.05, 0.1) is 18.1 Å². The van der Waals surface area contributed by atoms with Gasteiger partial charge in [-0.25, -0.2) is 9.97 Å². The molecule has 1 aromatic heterocycles. The van der Waals surface area contributed by atoms with E-state index in [0.29, 0.717) is 11.6 Å². The Labute approximate surface area is 107 Å². The molecule has 5 heteroatoms. The molecule has 1 heterocycles. The number of aryl methyl sites for hydroxylation is 1. The van der Waals surface area contributed by atoms with Gasteiger partial charge >= 0.3 is 0 Å². The van der Waals surface area contributed by atoms with Gasteiger partial charge in [0, 0.05) is 25.5 Å². The summed E-state index contributed by atoms with van der Waals surface area (Å²) >= 11 is 0. The van der Waals surface area contributed by atoms with E-state index < -0.39 is 0 Å². The maximum Gasteiger partial charge on any atom is 0.227 e. The third-order valence-electron chi connectivity index (χ3n) is 2.62. The van der Waals surface area contributed by atoms with Crippen LogP contribution in [0.5, 0.6) is 0 Å². The summed E-state index contributed by atoms with van der Waals surface area (Å²) in [5.74, 6) is 0.540. The summed E-state index contributed by atoms with van der Waals surface area (Å²) in [6.45, 7) is 2.08. The Morgan fingerprint density at radius 1 is 1.17 bits per heavy atom. The lowest BCUT2D eigenvalue weighted by molar-refractivity contribution is 1.11. The lowest BCUT2D eigenvalue weighted by atomic mass is 10.1. The highest BCUT2D eigenvalue weighted by molar-refractivity contribution is 5.65. The van der Waals surface area contributed by atoms with Crippen molar-refractivity contribution in [3.63, 3.8) is 0 Å². The second-order valence-electron chi connectivity index (χ2n) is 4.36. The number of nitrogens with two attached hydrogens (primary N) is 1. The molecule has 0 radical (unpaired) electrons. The number of anilines is 4. The third kappa shape index (κ3) is 2.68. The molecule has 0 unspecified atom stereocenters. The molecular weight excluding hydrogens is 226 g/mol. The predicted octanol–water partition coefficient (Wildman–Crippen LogP) is 2.18. The highest BCUT2D eigenvalue weighted by Gasteiger charge is 2.03. The minimum absolute atomic E-state index is 0.540. The fourth-order valence-electron chi connectivity index (χ4n) is 1.70. The molecule has 0 atom stereocenters. The first-order chi connectivity index (χ1) is 8.56. The van der Waals surface area contributed by atoms with Crippen LogP contribution in [0.25, 0.3) is 0 Å².